The zero-order valence-corrected chi connectivity index (χ0v) is 3.68. The van der Waals surface area contributed by atoms with Crippen molar-refractivity contribution in [1.82, 2.24) is 5.10 Å². The van der Waals surface area contributed by atoms with E-state index in [0.717, 1.165) is 0 Å². The van der Waals surface area contributed by atoms with Gasteiger partial charge in [0, 0.05) is 5.10 Å². The molecule has 0 atom stereocenters. The lowest BCUT2D eigenvalue weighted by atomic mass is 11.5. The van der Waals surface area contributed by atoms with Gasteiger partial charge in [0.1, 0.15) is 0 Å². The van der Waals surface area contributed by atoms with Gasteiger partial charge in [-0.15, -0.1) is 0 Å². The first-order valence-corrected chi connectivity index (χ1v) is 1.74. The van der Waals surface area contributed by atoms with Crippen molar-refractivity contribution in [2.45, 2.75) is 0 Å². The molecule has 0 saturated carbocycles. The molecular formula is C2H2N2OS. The Morgan fingerprint density at radius 1 is 1.83 bits per heavy atom. The third-order valence-electron chi connectivity index (χ3n) is 0.373. The van der Waals surface area contributed by atoms with Crippen LogP contribution in [0.25, 0.3) is 0 Å². The molecule has 0 radical (unpaired) electrons. The Morgan fingerprint density at radius 3 is 2.83 bits per heavy atom. The first-order valence-electron chi connectivity index (χ1n) is 1.37. The van der Waals surface area contributed by atoms with Gasteiger partial charge in [-0.25, -0.2) is 0 Å². The molecule has 6 heavy (non-hydrogen) atoms. The number of hydrogen-bond donors (Lipinski definition) is 0. The zero-order chi connectivity index (χ0) is 4.41. The van der Waals surface area contributed by atoms with Crippen LogP contribution in [0.5, 0.6) is 0 Å². The summed E-state index contributed by atoms with van der Waals surface area (Å²) in [5.41, 5.74) is 0. The van der Waals surface area contributed by atoms with E-state index in [1.807, 2.05) is 0 Å². The lowest BCUT2D eigenvalue weighted by Gasteiger charge is -1.73. The van der Waals surface area contributed by atoms with Gasteiger partial charge in [0.2, 0.25) is 0 Å². The standard InChI is InChI=1S/C2H2N2OS/c6-4-2-5-1-3-4/h1-2H. The Bertz CT molecular complexity index is 115. The van der Waals surface area contributed by atoms with Crippen LogP contribution in [-0.4, -0.2) is 5.10 Å². The van der Waals surface area contributed by atoms with Crippen molar-refractivity contribution in [1.29, 1.82) is 0 Å². The van der Waals surface area contributed by atoms with E-state index in [-0.39, 0.29) is 0 Å². The molecule has 0 fully saturated rings. The fourth-order valence-corrected chi connectivity index (χ4v) is 0.268. The van der Waals surface area contributed by atoms with E-state index in [2.05, 4.69) is 22.3 Å². The number of hydrogen-bond acceptors (Lipinski definition) is 3. The van der Waals surface area contributed by atoms with Crippen LogP contribution in [0.3, 0.4) is 0 Å². The zero-order valence-electron chi connectivity index (χ0n) is 2.87. The topological polar surface area (TPSA) is 29.9 Å². The average Bonchev–Trinajstić information content (AvgIpc) is 1.86. The van der Waals surface area contributed by atoms with Gasteiger partial charge in [-0.05, 0) is 0 Å². The van der Waals surface area contributed by atoms with Crippen LogP contribution in [0.1, 0.15) is 0 Å². The highest BCUT2D eigenvalue weighted by Gasteiger charge is 1.77. The van der Waals surface area contributed by atoms with Gasteiger partial charge in [-0.3, -0.25) is 0 Å². The molecule has 0 amide bonds. The number of nitrogens with zero attached hydrogens (tertiary/aromatic N) is 2. The Hall–Kier alpha value is -0.640. The van der Waals surface area contributed by atoms with Crippen LogP contribution in [0.15, 0.2) is 17.2 Å². The van der Waals surface area contributed by atoms with Gasteiger partial charge in [0.05, 0.1) is 0 Å². The molecule has 1 heterocycles. The van der Waals surface area contributed by atoms with Crippen LogP contribution in [0.4, 0.5) is 0 Å². The van der Waals surface area contributed by atoms with E-state index in [0.29, 0.717) is 0 Å². The molecule has 4 heteroatoms. The highest BCUT2D eigenvalue weighted by molar-refractivity contribution is 7.50. The summed E-state index contributed by atoms with van der Waals surface area (Å²) in [4.78, 5) is 0. The molecule has 0 aliphatic rings. The van der Waals surface area contributed by atoms with Crippen molar-refractivity contribution in [3.63, 3.8) is 0 Å². The van der Waals surface area contributed by atoms with Gasteiger partial charge in [0.25, 0.3) is 6.39 Å². The first-order chi connectivity index (χ1) is 2.89. The minimum absolute atomic E-state index is 1.17. The highest BCUT2D eigenvalue weighted by Crippen LogP contribution is 1.62. The summed E-state index contributed by atoms with van der Waals surface area (Å²) < 4.78 is 5.63. The van der Waals surface area contributed by atoms with E-state index < -0.39 is 0 Å². The second-order valence-corrected chi connectivity index (χ2v) is 1.14. The lowest BCUT2D eigenvalue weighted by Crippen LogP contribution is -2.25. The molecule has 1 rings (SSSR count). The maximum Gasteiger partial charge on any atom is 0.345 e. The molecule has 0 bridgehead atoms. The fourth-order valence-electron chi connectivity index (χ4n) is 0.180. The molecule has 0 N–H and O–H groups in total. The van der Waals surface area contributed by atoms with E-state index >= 15 is 0 Å². The fraction of sp³-hybridized carbons (Fsp3) is 0. The summed E-state index contributed by atoms with van der Waals surface area (Å²) in [6.07, 6.45) is 2.60. The maximum atomic E-state index is 4.46. The molecule has 0 spiro atoms. The second-order valence-electron chi connectivity index (χ2n) is 0.765. The van der Waals surface area contributed by atoms with Crippen molar-refractivity contribution >= 4 is 12.8 Å². The molecular weight excluding hydrogens is 100 g/mol. The molecule has 0 aliphatic heterocycles. The van der Waals surface area contributed by atoms with Crippen LogP contribution >= 0.6 is 0 Å². The van der Waals surface area contributed by atoms with Gasteiger partial charge < -0.3 is 17.2 Å². The number of aromatic nitrogens is 2. The summed E-state index contributed by atoms with van der Waals surface area (Å²) in [7, 11) is 0. The summed E-state index contributed by atoms with van der Waals surface area (Å²) in [6, 6.07) is 0. The minimum Gasteiger partial charge on any atom is -0.392 e. The Kier molecular flexibility index (Phi) is 0.719. The summed E-state index contributed by atoms with van der Waals surface area (Å²) >= 11 is 4.46. The molecule has 0 aliphatic carbocycles. The van der Waals surface area contributed by atoms with E-state index in [1.54, 1.807) is 0 Å². The van der Waals surface area contributed by atoms with Crippen LogP contribution in [0, 0.1) is 0 Å². The van der Waals surface area contributed by atoms with E-state index in [4.69, 9.17) is 0 Å². The normalized spacial score (nSPS) is 8.67. The maximum absolute atomic E-state index is 4.46. The lowest BCUT2D eigenvalue weighted by molar-refractivity contribution is -0.563. The van der Waals surface area contributed by atoms with Crippen molar-refractivity contribution in [3.8, 4) is 0 Å². The monoisotopic (exact) mass is 102 g/mol. The van der Waals surface area contributed by atoms with Crippen molar-refractivity contribution in [2.24, 2.45) is 0 Å². The molecule has 32 valence electrons. The van der Waals surface area contributed by atoms with Crippen molar-refractivity contribution in [3.05, 3.63) is 12.8 Å². The Morgan fingerprint density at radius 2 is 2.67 bits per heavy atom. The second kappa shape index (κ2) is 1.22. The third-order valence-corrected chi connectivity index (χ3v) is 0.553. The molecule has 1 aromatic rings. The average molecular weight is 102 g/mol. The van der Waals surface area contributed by atoms with Crippen molar-refractivity contribution < 1.29 is 8.50 Å². The molecule has 0 unspecified atom stereocenters. The van der Waals surface area contributed by atoms with E-state index in [9.17, 15) is 0 Å². The summed E-state index contributed by atoms with van der Waals surface area (Å²) in [5.74, 6) is 0. The molecule has 1 aromatic heterocycles. The first kappa shape index (κ1) is 3.55. The predicted octanol–water partition coefficient (Wildman–Crippen LogP) is -0.728. The summed E-state index contributed by atoms with van der Waals surface area (Å²) in [5, 5.41) is 3.48. The SMILES string of the molecule is [S-][n+]1cocn1. The largest absolute Gasteiger partial charge is 0.392 e. The van der Waals surface area contributed by atoms with Gasteiger partial charge in [0.15, 0.2) is 0 Å². The highest BCUT2D eigenvalue weighted by atomic mass is 32.1. The third kappa shape index (κ3) is 0.463. The molecule has 3 nitrogen and oxygen atoms in total. The van der Waals surface area contributed by atoms with Gasteiger partial charge in [-0.2, -0.15) is 4.09 Å². The predicted molar refractivity (Wildman–Crippen MR) is 19.5 cm³/mol. The molecule has 0 saturated heterocycles. The van der Waals surface area contributed by atoms with E-state index in [1.165, 1.54) is 16.9 Å². The molecule has 0 aromatic carbocycles. The quantitative estimate of drug-likeness (QED) is 0.319. The Labute approximate surface area is 40.1 Å². The minimum atomic E-state index is 1.17. The van der Waals surface area contributed by atoms with Crippen LogP contribution in [-0.2, 0) is 12.8 Å². The Balaban J connectivity index is 3.05. The van der Waals surface area contributed by atoms with Gasteiger partial charge in [-0.1, -0.05) is 0 Å². The number of rotatable bonds is 0. The van der Waals surface area contributed by atoms with Crippen molar-refractivity contribution in [2.75, 3.05) is 0 Å². The van der Waals surface area contributed by atoms with Crippen LogP contribution < -0.4 is 4.09 Å². The smallest absolute Gasteiger partial charge is 0.345 e. The van der Waals surface area contributed by atoms with Crippen LogP contribution in [0.2, 0.25) is 0 Å². The summed E-state index contributed by atoms with van der Waals surface area (Å²) in [6.45, 7) is 0. The van der Waals surface area contributed by atoms with Gasteiger partial charge >= 0.3 is 6.39 Å².